The third-order valence-electron chi connectivity index (χ3n) is 10.8. The van der Waals surface area contributed by atoms with Crippen LogP contribution in [0.2, 0.25) is 0 Å². The van der Waals surface area contributed by atoms with E-state index in [9.17, 15) is 19.8 Å². The number of rotatable bonds is 14. The number of nitrogens with zero attached hydrogens (tertiary/aromatic N) is 1. The molecule has 58 heavy (non-hydrogen) atoms. The second kappa shape index (κ2) is 21.0. The van der Waals surface area contributed by atoms with Gasteiger partial charge in [0.1, 0.15) is 11.9 Å². The van der Waals surface area contributed by atoms with Crippen molar-refractivity contribution in [2.75, 3.05) is 37.3 Å². The van der Waals surface area contributed by atoms with Gasteiger partial charge in [-0.15, -0.1) is 0 Å². The zero-order chi connectivity index (χ0) is 40.7. The molecule has 0 radical (unpaired) electrons. The van der Waals surface area contributed by atoms with Crippen molar-refractivity contribution in [1.82, 2.24) is 9.88 Å². The molecular weight excluding hydrogens is 725 g/mol. The van der Waals surface area contributed by atoms with Gasteiger partial charge in [-0.3, -0.25) is 10.1 Å². The number of aryl methyl sites for hydroxylation is 3. The number of aliphatic hydroxyl groups is 1. The van der Waals surface area contributed by atoms with Crippen molar-refractivity contribution >= 4 is 28.4 Å². The summed E-state index contributed by atoms with van der Waals surface area (Å²) in [4.78, 5) is 29.1. The molecule has 1 fully saturated rings. The molecule has 1 amide bonds. The van der Waals surface area contributed by atoms with Crippen LogP contribution in [0, 0.1) is 6.92 Å². The van der Waals surface area contributed by atoms with Gasteiger partial charge in [-0.1, -0.05) is 103 Å². The molecule has 0 unspecified atom stereocenters. The third-order valence-corrected chi connectivity index (χ3v) is 10.8. The van der Waals surface area contributed by atoms with Crippen LogP contribution in [0.25, 0.3) is 22.0 Å². The highest BCUT2D eigenvalue weighted by molar-refractivity contribution is 5.91. The number of ether oxygens (including phenoxy) is 1. The molecule has 5 aromatic carbocycles. The molecule has 1 atom stereocenters. The molecule has 9 heteroatoms. The number of anilines is 2. The number of likely N-dealkylation sites (tertiary alicyclic amines) is 1. The number of carbonyl (C=O) groups excluding carboxylic acids is 1. The molecule has 7 rings (SSSR count). The molecule has 2 heterocycles. The number of para-hydroxylation sites is 1. The van der Waals surface area contributed by atoms with Gasteiger partial charge in [0.25, 0.3) is 0 Å². The smallest absolute Gasteiger partial charge is 0.411 e. The average Bonchev–Trinajstić information content (AvgIpc) is 3.25. The number of nitrogens with one attached hydrogen (secondary N) is 3. The number of phenols is 1. The first-order valence-electron chi connectivity index (χ1n) is 20.5. The maximum Gasteiger partial charge on any atom is 0.411 e. The van der Waals surface area contributed by atoms with E-state index >= 15 is 0 Å². The second-order valence-corrected chi connectivity index (χ2v) is 15.1. The Balaban J connectivity index is 0.000000200. The number of piperidine rings is 1. The number of aromatic nitrogens is 1. The summed E-state index contributed by atoms with van der Waals surface area (Å²) in [7, 11) is 1.90. The maximum absolute atomic E-state index is 12.6. The molecular formula is C49H56N4O5. The number of hydrogen-bond donors (Lipinski definition) is 5. The predicted octanol–water partition coefficient (Wildman–Crippen LogP) is 10.0. The van der Waals surface area contributed by atoms with Gasteiger partial charge in [0.05, 0.1) is 17.3 Å². The van der Waals surface area contributed by atoms with E-state index in [1.54, 1.807) is 12.1 Å². The van der Waals surface area contributed by atoms with Crippen LogP contribution in [0.4, 0.5) is 16.2 Å². The second-order valence-electron chi connectivity index (χ2n) is 15.1. The van der Waals surface area contributed by atoms with E-state index in [4.69, 9.17) is 4.74 Å². The van der Waals surface area contributed by atoms with Crippen molar-refractivity contribution in [2.24, 2.45) is 0 Å². The summed E-state index contributed by atoms with van der Waals surface area (Å²) in [5.41, 5.74) is 8.76. The lowest BCUT2D eigenvalue weighted by atomic mass is 9.97. The van der Waals surface area contributed by atoms with E-state index in [1.807, 2.05) is 61.6 Å². The lowest BCUT2D eigenvalue weighted by Gasteiger charge is -2.31. The Morgan fingerprint density at radius 2 is 1.48 bits per heavy atom. The molecule has 0 bridgehead atoms. The lowest BCUT2D eigenvalue weighted by molar-refractivity contribution is 0.0587. The molecule has 1 aromatic heterocycles. The van der Waals surface area contributed by atoms with Gasteiger partial charge < -0.3 is 30.2 Å². The first-order chi connectivity index (χ1) is 28.2. The van der Waals surface area contributed by atoms with Crippen molar-refractivity contribution in [2.45, 2.75) is 70.5 Å². The quantitative estimate of drug-likeness (QED) is 0.0697. The Kier molecular flexibility index (Phi) is 15.1. The van der Waals surface area contributed by atoms with E-state index in [-0.39, 0.29) is 23.5 Å². The minimum atomic E-state index is -0.629. The molecule has 1 saturated heterocycles. The van der Waals surface area contributed by atoms with Gasteiger partial charge in [-0.2, -0.15) is 0 Å². The summed E-state index contributed by atoms with van der Waals surface area (Å²) in [6, 6.07) is 41.4. The number of phenolic OH excluding ortho intramolecular Hbond substituents is 1. The molecule has 0 spiro atoms. The fourth-order valence-corrected chi connectivity index (χ4v) is 7.47. The molecule has 0 aliphatic carbocycles. The highest BCUT2D eigenvalue weighted by Crippen LogP contribution is 2.31. The van der Waals surface area contributed by atoms with Gasteiger partial charge in [0.2, 0.25) is 5.56 Å². The molecule has 1 aliphatic rings. The van der Waals surface area contributed by atoms with E-state index < -0.39 is 6.10 Å². The number of aliphatic hydroxyl groups excluding tert-OH is 1. The Labute approximate surface area is 341 Å². The number of aromatic hydroxyl groups is 1. The van der Waals surface area contributed by atoms with Crippen LogP contribution in [0.3, 0.4) is 0 Å². The lowest BCUT2D eigenvalue weighted by Crippen LogP contribution is -2.39. The van der Waals surface area contributed by atoms with Crippen LogP contribution in [0.15, 0.2) is 132 Å². The third kappa shape index (κ3) is 12.1. The standard InChI is InChI=1S/C28H32N2O2.C21H24N2O3/c1-22-13-15-23(16-14-22)8-7-19-30-20-17-25(18-21-30)32-28(31)29-27-12-6-5-11-26(27)24-9-3-2-4-10-24;1-22-15-8-6-14(7-9-15)4-2-3-5-18(24)16-10-12-19(25)21-17(16)11-13-20(26)23-21/h2-6,9-16,25H,7-8,17-21H2,1H3,(H,29,31);6-13,18,22,24-25H,2-5H2,1H3,(H,23,26)/t;18-/m.0/s1. The normalized spacial score (nSPS) is 13.6. The number of aromatic amines is 1. The summed E-state index contributed by atoms with van der Waals surface area (Å²) in [5.74, 6) is 0.0127. The Bertz CT molecular complexity index is 2250. The SMILES string of the molecule is CNc1ccc(CCCC[C@H](O)c2ccc(O)c3[nH]c(=O)ccc23)cc1.Cc1ccc(CCCN2CCC(OC(=O)Nc3ccccc3-c3ccccc3)CC2)cc1. The zero-order valence-corrected chi connectivity index (χ0v) is 33.6. The highest BCUT2D eigenvalue weighted by atomic mass is 16.6. The van der Waals surface area contributed by atoms with Gasteiger partial charge in [0, 0.05) is 42.8 Å². The summed E-state index contributed by atoms with van der Waals surface area (Å²) in [6.45, 7) is 5.18. The van der Waals surface area contributed by atoms with Gasteiger partial charge in [-0.05, 0) is 111 Å². The summed E-state index contributed by atoms with van der Waals surface area (Å²) >= 11 is 0. The highest BCUT2D eigenvalue weighted by Gasteiger charge is 2.22. The molecule has 0 saturated carbocycles. The molecule has 6 aromatic rings. The number of benzene rings is 5. The molecule has 302 valence electrons. The molecule has 9 nitrogen and oxygen atoms in total. The van der Waals surface area contributed by atoms with Crippen molar-refractivity contribution in [3.63, 3.8) is 0 Å². The van der Waals surface area contributed by atoms with Crippen molar-refractivity contribution < 1.29 is 19.7 Å². The van der Waals surface area contributed by atoms with Gasteiger partial charge >= 0.3 is 6.09 Å². The fraction of sp³-hybridized carbons (Fsp3) is 0.306. The van der Waals surface area contributed by atoms with Crippen LogP contribution in [0.1, 0.15) is 66.9 Å². The largest absolute Gasteiger partial charge is 0.506 e. The molecule has 5 N–H and O–H groups in total. The number of hydrogen-bond acceptors (Lipinski definition) is 7. The van der Waals surface area contributed by atoms with E-state index in [0.717, 1.165) is 92.6 Å². The average molecular weight is 781 g/mol. The van der Waals surface area contributed by atoms with E-state index in [1.165, 1.54) is 28.8 Å². The van der Waals surface area contributed by atoms with Crippen molar-refractivity contribution in [3.05, 3.63) is 160 Å². The monoisotopic (exact) mass is 780 g/mol. The minimum Gasteiger partial charge on any atom is -0.506 e. The van der Waals surface area contributed by atoms with Crippen molar-refractivity contribution in [1.29, 1.82) is 0 Å². The van der Waals surface area contributed by atoms with Crippen LogP contribution in [-0.2, 0) is 17.6 Å². The Hall–Kier alpha value is -5.90. The summed E-state index contributed by atoms with van der Waals surface area (Å²) in [6.07, 6.45) is 6.51. The predicted molar refractivity (Wildman–Crippen MR) is 236 cm³/mol. The van der Waals surface area contributed by atoms with Gasteiger partial charge in [-0.25, -0.2) is 4.79 Å². The first kappa shape index (κ1) is 41.7. The number of H-pyrrole nitrogens is 1. The van der Waals surface area contributed by atoms with Crippen LogP contribution in [0.5, 0.6) is 5.75 Å². The Morgan fingerprint density at radius 1 is 0.810 bits per heavy atom. The van der Waals surface area contributed by atoms with E-state index in [0.29, 0.717) is 17.3 Å². The van der Waals surface area contributed by atoms with E-state index in [2.05, 4.69) is 76.0 Å². The zero-order valence-electron chi connectivity index (χ0n) is 33.6. The number of carbonyl (C=O) groups is 1. The number of fused-ring (bicyclic) bond motifs is 1. The first-order valence-corrected chi connectivity index (χ1v) is 20.5. The fourth-order valence-electron chi connectivity index (χ4n) is 7.47. The number of pyridine rings is 1. The van der Waals surface area contributed by atoms with Gasteiger partial charge in [0.15, 0.2) is 0 Å². The topological polar surface area (TPSA) is 127 Å². The van der Waals surface area contributed by atoms with Crippen LogP contribution in [-0.4, -0.2) is 59.0 Å². The maximum atomic E-state index is 12.6. The van der Waals surface area contributed by atoms with Crippen LogP contribution >= 0.6 is 0 Å². The minimum absolute atomic E-state index is 0.0127. The Morgan fingerprint density at radius 3 is 2.21 bits per heavy atom. The van der Waals surface area contributed by atoms with Crippen LogP contribution < -0.4 is 16.2 Å². The number of amides is 1. The summed E-state index contributed by atoms with van der Waals surface area (Å²) < 4.78 is 5.74. The molecule has 1 aliphatic heterocycles. The van der Waals surface area contributed by atoms with Crippen molar-refractivity contribution in [3.8, 4) is 16.9 Å². The summed E-state index contributed by atoms with van der Waals surface area (Å²) in [5, 5.41) is 27.2. The number of unbranched alkanes of at least 4 members (excludes halogenated alkanes) is 1.